The molecular formula is C11H11BrClNO2. The zero-order valence-electron chi connectivity index (χ0n) is 8.41. The first-order valence-electron chi connectivity index (χ1n) is 5.01. The molecule has 1 aromatic carbocycles. The van der Waals surface area contributed by atoms with Crippen LogP contribution in [-0.2, 0) is 4.79 Å². The Hall–Kier alpha value is -0.580. The first kappa shape index (κ1) is 11.9. The molecule has 1 unspecified atom stereocenters. The summed E-state index contributed by atoms with van der Waals surface area (Å²) in [7, 11) is 0. The smallest absolute Gasteiger partial charge is 0.325 e. The summed E-state index contributed by atoms with van der Waals surface area (Å²) in [6, 6.07) is 4.81. The van der Waals surface area contributed by atoms with Crippen molar-refractivity contribution < 1.29 is 9.90 Å². The summed E-state index contributed by atoms with van der Waals surface area (Å²) in [4.78, 5) is 11.2. The molecule has 1 aromatic rings. The molecule has 86 valence electrons. The number of nitrogens with one attached hydrogen (secondary N) is 1. The number of hydrogen-bond acceptors (Lipinski definition) is 2. The normalized spacial score (nSPS) is 17.1. The third kappa shape index (κ3) is 2.75. The van der Waals surface area contributed by atoms with Crippen molar-refractivity contribution in [2.75, 3.05) is 0 Å². The summed E-state index contributed by atoms with van der Waals surface area (Å²) in [5.74, 6) is -0.880. The number of benzene rings is 1. The van der Waals surface area contributed by atoms with Crippen LogP contribution in [0.1, 0.15) is 24.4 Å². The molecule has 0 radical (unpaired) electrons. The number of aliphatic carboxylic acids is 1. The minimum absolute atomic E-state index is 0.326. The van der Waals surface area contributed by atoms with Crippen LogP contribution in [0.4, 0.5) is 0 Å². The van der Waals surface area contributed by atoms with E-state index < -0.39 is 12.0 Å². The van der Waals surface area contributed by atoms with E-state index >= 15 is 0 Å². The molecule has 2 N–H and O–H groups in total. The molecule has 0 amide bonds. The lowest BCUT2D eigenvalue weighted by molar-refractivity contribution is -0.139. The maximum absolute atomic E-state index is 11.2. The minimum atomic E-state index is -0.880. The first-order chi connectivity index (χ1) is 7.58. The number of carboxylic acids is 1. The molecule has 1 fully saturated rings. The molecule has 1 saturated carbocycles. The van der Waals surface area contributed by atoms with Crippen LogP contribution in [0.25, 0.3) is 0 Å². The topological polar surface area (TPSA) is 49.3 Å². The monoisotopic (exact) mass is 303 g/mol. The van der Waals surface area contributed by atoms with Crippen LogP contribution in [0, 0.1) is 0 Å². The van der Waals surface area contributed by atoms with Gasteiger partial charge in [0.2, 0.25) is 0 Å². The molecule has 0 heterocycles. The van der Waals surface area contributed by atoms with Crippen molar-refractivity contribution >= 4 is 33.5 Å². The van der Waals surface area contributed by atoms with Crippen LogP contribution in [0.5, 0.6) is 0 Å². The fourth-order valence-corrected chi connectivity index (χ4v) is 2.17. The zero-order valence-corrected chi connectivity index (χ0v) is 10.8. The Morgan fingerprint density at radius 3 is 2.81 bits per heavy atom. The number of carboxylic acid groups (broad SMARTS) is 1. The van der Waals surface area contributed by atoms with Gasteiger partial charge in [-0.15, -0.1) is 0 Å². The van der Waals surface area contributed by atoms with Gasteiger partial charge in [-0.05, 0) is 36.6 Å². The molecule has 1 aliphatic rings. The predicted molar refractivity (Wildman–Crippen MR) is 65.7 cm³/mol. The highest BCUT2D eigenvalue weighted by Gasteiger charge is 2.30. The highest BCUT2D eigenvalue weighted by Crippen LogP contribution is 2.30. The fourth-order valence-electron chi connectivity index (χ4n) is 1.52. The fraction of sp³-hybridized carbons (Fsp3) is 0.364. The quantitative estimate of drug-likeness (QED) is 0.899. The molecule has 0 aliphatic heterocycles. The number of rotatable bonds is 4. The average molecular weight is 305 g/mol. The Labute approximate surface area is 107 Å². The SMILES string of the molecule is O=C(O)C(NC1CC1)c1cc(Cl)ccc1Br. The van der Waals surface area contributed by atoms with Gasteiger partial charge < -0.3 is 5.11 Å². The van der Waals surface area contributed by atoms with E-state index in [1.54, 1.807) is 18.2 Å². The summed E-state index contributed by atoms with van der Waals surface area (Å²) >= 11 is 9.22. The van der Waals surface area contributed by atoms with Crippen LogP contribution in [-0.4, -0.2) is 17.1 Å². The van der Waals surface area contributed by atoms with Gasteiger partial charge in [0.05, 0.1) is 0 Å². The van der Waals surface area contributed by atoms with Gasteiger partial charge in [0.1, 0.15) is 6.04 Å². The van der Waals surface area contributed by atoms with Crippen LogP contribution >= 0.6 is 27.5 Å². The van der Waals surface area contributed by atoms with E-state index in [9.17, 15) is 9.90 Å². The lowest BCUT2D eigenvalue weighted by Gasteiger charge is -2.16. The molecule has 1 atom stereocenters. The number of hydrogen-bond donors (Lipinski definition) is 2. The number of halogens is 2. The summed E-state index contributed by atoms with van der Waals surface area (Å²) in [6.07, 6.45) is 2.09. The van der Waals surface area contributed by atoms with Crippen molar-refractivity contribution in [3.05, 3.63) is 33.3 Å². The van der Waals surface area contributed by atoms with Gasteiger partial charge >= 0.3 is 5.97 Å². The Balaban J connectivity index is 2.29. The van der Waals surface area contributed by atoms with Crippen LogP contribution in [0.15, 0.2) is 22.7 Å². The second kappa shape index (κ2) is 4.73. The highest BCUT2D eigenvalue weighted by molar-refractivity contribution is 9.10. The molecule has 2 rings (SSSR count). The van der Waals surface area contributed by atoms with Crippen molar-refractivity contribution in [1.82, 2.24) is 5.32 Å². The molecule has 0 aromatic heterocycles. The highest BCUT2D eigenvalue weighted by atomic mass is 79.9. The van der Waals surface area contributed by atoms with Gasteiger partial charge in [0.15, 0.2) is 0 Å². The molecule has 1 aliphatic carbocycles. The summed E-state index contributed by atoms with van der Waals surface area (Å²) in [5.41, 5.74) is 0.673. The minimum Gasteiger partial charge on any atom is -0.480 e. The average Bonchev–Trinajstić information content (AvgIpc) is 3.02. The van der Waals surface area contributed by atoms with Crippen molar-refractivity contribution in [1.29, 1.82) is 0 Å². The number of carbonyl (C=O) groups is 1. The molecule has 0 spiro atoms. The van der Waals surface area contributed by atoms with Crippen molar-refractivity contribution in [2.45, 2.75) is 24.9 Å². The molecule has 5 heteroatoms. The summed E-state index contributed by atoms with van der Waals surface area (Å²) < 4.78 is 0.762. The second-order valence-electron chi connectivity index (χ2n) is 3.88. The third-order valence-corrected chi connectivity index (χ3v) is 3.45. The maximum Gasteiger partial charge on any atom is 0.325 e. The van der Waals surface area contributed by atoms with E-state index in [0.717, 1.165) is 17.3 Å². The Bertz CT molecular complexity index is 420. The van der Waals surface area contributed by atoms with Crippen molar-refractivity contribution in [2.24, 2.45) is 0 Å². The molecule has 0 bridgehead atoms. The van der Waals surface area contributed by atoms with E-state index in [-0.39, 0.29) is 0 Å². The Kier molecular flexibility index (Phi) is 3.52. The van der Waals surface area contributed by atoms with Crippen LogP contribution in [0.3, 0.4) is 0 Å². The van der Waals surface area contributed by atoms with E-state index in [1.165, 1.54) is 0 Å². The summed E-state index contributed by atoms with van der Waals surface area (Å²) in [5, 5.41) is 12.8. The van der Waals surface area contributed by atoms with Crippen molar-refractivity contribution in [3.63, 3.8) is 0 Å². The van der Waals surface area contributed by atoms with Gasteiger partial charge in [-0.1, -0.05) is 27.5 Å². The first-order valence-corrected chi connectivity index (χ1v) is 6.19. The Morgan fingerprint density at radius 2 is 2.25 bits per heavy atom. The van der Waals surface area contributed by atoms with Gasteiger partial charge in [-0.3, -0.25) is 10.1 Å². The van der Waals surface area contributed by atoms with Gasteiger partial charge in [0, 0.05) is 15.5 Å². The van der Waals surface area contributed by atoms with Gasteiger partial charge in [0.25, 0.3) is 0 Å². The van der Waals surface area contributed by atoms with Crippen LogP contribution < -0.4 is 5.32 Å². The van der Waals surface area contributed by atoms with E-state index in [2.05, 4.69) is 21.2 Å². The van der Waals surface area contributed by atoms with Crippen LogP contribution in [0.2, 0.25) is 5.02 Å². The summed E-state index contributed by atoms with van der Waals surface area (Å²) in [6.45, 7) is 0. The second-order valence-corrected chi connectivity index (χ2v) is 5.17. The van der Waals surface area contributed by atoms with Gasteiger partial charge in [-0.2, -0.15) is 0 Å². The maximum atomic E-state index is 11.2. The molecule has 16 heavy (non-hydrogen) atoms. The molecule has 0 saturated heterocycles. The third-order valence-electron chi connectivity index (χ3n) is 2.50. The predicted octanol–water partition coefficient (Wildman–Crippen LogP) is 2.98. The standard InChI is InChI=1S/C11H11BrClNO2/c12-9-4-1-6(13)5-8(9)10(11(15)16)14-7-2-3-7/h1,4-5,7,10,14H,2-3H2,(H,15,16). The molecular weight excluding hydrogens is 293 g/mol. The van der Waals surface area contributed by atoms with E-state index in [4.69, 9.17) is 11.6 Å². The van der Waals surface area contributed by atoms with Gasteiger partial charge in [-0.25, -0.2) is 0 Å². The zero-order chi connectivity index (χ0) is 11.7. The van der Waals surface area contributed by atoms with E-state index in [0.29, 0.717) is 16.6 Å². The van der Waals surface area contributed by atoms with Crippen molar-refractivity contribution in [3.8, 4) is 0 Å². The molecule has 3 nitrogen and oxygen atoms in total. The lowest BCUT2D eigenvalue weighted by atomic mass is 10.1. The largest absolute Gasteiger partial charge is 0.480 e. The Morgan fingerprint density at radius 1 is 1.56 bits per heavy atom. The lowest BCUT2D eigenvalue weighted by Crippen LogP contribution is -2.30. The van der Waals surface area contributed by atoms with E-state index in [1.807, 2.05) is 0 Å².